The highest BCUT2D eigenvalue weighted by atomic mass is 19.4. The smallest absolute Gasteiger partial charge is 0.406 e. The summed E-state index contributed by atoms with van der Waals surface area (Å²) in [7, 11) is 0. The number of ether oxygens (including phenoxy) is 1. The van der Waals surface area contributed by atoms with Gasteiger partial charge in [-0.1, -0.05) is 12.1 Å². The van der Waals surface area contributed by atoms with E-state index in [9.17, 15) is 13.2 Å². The molecule has 0 aliphatic carbocycles. The molecular formula is C15H15F3N2O. The Morgan fingerprint density at radius 3 is 2.43 bits per heavy atom. The predicted molar refractivity (Wildman–Crippen MR) is 72.7 cm³/mol. The minimum Gasteiger partial charge on any atom is -0.406 e. The van der Waals surface area contributed by atoms with Gasteiger partial charge in [-0.3, -0.25) is 4.98 Å². The Kier molecular flexibility index (Phi) is 4.47. The van der Waals surface area contributed by atoms with Gasteiger partial charge in [0, 0.05) is 17.9 Å². The Labute approximate surface area is 120 Å². The zero-order valence-electron chi connectivity index (χ0n) is 11.4. The first kappa shape index (κ1) is 15.3. The van der Waals surface area contributed by atoms with Gasteiger partial charge in [-0.05, 0) is 48.7 Å². The van der Waals surface area contributed by atoms with Crippen molar-refractivity contribution in [2.45, 2.75) is 25.7 Å². The Balaban J connectivity index is 2.03. The van der Waals surface area contributed by atoms with E-state index in [1.807, 2.05) is 19.1 Å². The molecule has 2 N–H and O–H groups in total. The molecule has 1 aromatic heterocycles. The molecular weight excluding hydrogens is 281 g/mol. The second kappa shape index (κ2) is 6.13. The molecule has 0 aliphatic rings. The third kappa shape index (κ3) is 4.75. The molecule has 2 rings (SSSR count). The number of nitrogens with two attached hydrogens (primary N) is 1. The van der Waals surface area contributed by atoms with Crippen LogP contribution in [0, 0.1) is 6.92 Å². The molecule has 0 aliphatic heterocycles. The van der Waals surface area contributed by atoms with Crippen molar-refractivity contribution < 1.29 is 17.9 Å². The van der Waals surface area contributed by atoms with Crippen molar-refractivity contribution >= 4 is 0 Å². The van der Waals surface area contributed by atoms with E-state index in [1.165, 1.54) is 12.1 Å². The van der Waals surface area contributed by atoms with E-state index in [-0.39, 0.29) is 11.8 Å². The van der Waals surface area contributed by atoms with E-state index < -0.39 is 6.36 Å². The summed E-state index contributed by atoms with van der Waals surface area (Å²) in [6.07, 6.45) is -2.47. The fourth-order valence-corrected chi connectivity index (χ4v) is 2.00. The number of halogens is 3. The quantitative estimate of drug-likeness (QED) is 0.939. The molecule has 21 heavy (non-hydrogen) atoms. The highest BCUT2D eigenvalue weighted by molar-refractivity contribution is 5.29. The Morgan fingerprint density at radius 2 is 1.86 bits per heavy atom. The summed E-state index contributed by atoms with van der Waals surface area (Å²) in [5.41, 5.74) is 8.75. The minimum absolute atomic E-state index is 0.235. The van der Waals surface area contributed by atoms with Crippen LogP contribution < -0.4 is 10.5 Å². The van der Waals surface area contributed by atoms with Crippen LogP contribution in [0.1, 0.15) is 22.9 Å². The van der Waals surface area contributed by atoms with Gasteiger partial charge in [0.15, 0.2) is 0 Å². The van der Waals surface area contributed by atoms with Crippen molar-refractivity contribution in [1.29, 1.82) is 0 Å². The van der Waals surface area contributed by atoms with Gasteiger partial charge in [-0.2, -0.15) is 0 Å². The van der Waals surface area contributed by atoms with Crippen LogP contribution in [-0.4, -0.2) is 11.3 Å². The highest BCUT2D eigenvalue weighted by Crippen LogP contribution is 2.24. The second-order valence-electron chi connectivity index (χ2n) is 4.73. The van der Waals surface area contributed by atoms with Gasteiger partial charge in [-0.25, -0.2) is 0 Å². The van der Waals surface area contributed by atoms with Crippen molar-refractivity contribution in [3.05, 3.63) is 59.4 Å². The summed E-state index contributed by atoms with van der Waals surface area (Å²) >= 11 is 0. The molecule has 3 nitrogen and oxygen atoms in total. The molecule has 1 aromatic carbocycles. The molecule has 112 valence electrons. The third-order valence-electron chi connectivity index (χ3n) is 2.96. The van der Waals surface area contributed by atoms with E-state index in [1.54, 1.807) is 18.3 Å². The van der Waals surface area contributed by atoms with Gasteiger partial charge in [0.05, 0.1) is 0 Å². The number of hydrogen-bond acceptors (Lipinski definition) is 3. The zero-order valence-corrected chi connectivity index (χ0v) is 11.4. The average Bonchev–Trinajstić information content (AvgIpc) is 2.39. The van der Waals surface area contributed by atoms with Crippen molar-refractivity contribution in [3.8, 4) is 5.75 Å². The molecule has 0 amide bonds. The van der Waals surface area contributed by atoms with Crippen molar-refractivity contribution in [1.82, 2.24) is 4.98 Å². The summed E-state index contributed by atoms with van der Waals surface area (Å²) in [5.74, 6) is -0.237. The van der Waals surface area contributed by atoms with Crippen LogP contribution in [0.4, 0.5) is 13.2 Å². The number of nitrogens with zero attached hydrogens (tertiary/aromatic N) is 1. The molecule has 2 aromatic rings. The van der Waals surface area contributed by atoms with Crippen LogP contribution in [0.2, 0.25) is 0 Å². The lowest BCUT2D eigenvalue weighted by Gasteiger charge is -2.13. The average molecular weight is 296 g/mol. The zero-order chi connectivity index (χ0) is 15.5. The second-order valence-corrected chi connectivity index (χ2v) is 4.73. The van der Waals surface area contributed by atoms with Crippen LogP contribution in [0.3, 0.4) is 0 Å². The van der Waals surface area contributed by atoms with Crippen molar-refractivity contribution in [2.75, 3.05) is 0 Å². The van der Waals surface area contributed by atoms with Gasteiger partial charge >= 0.3 is 6.36 Å². The van der Waals surface area contributed by atoms with E-state index in [2.05, 4.69) is 9.72 Å². The summed E-state index contributed by atoms with van der Waals surface area (Å²) in [6, 6.07) is 9.22. The van der Waals surface area contributed by atoms with Gasteiger partial charge in [0.2, 0.25) is 0 Å². The topological polar surface area (TPSA) is 48.1 Å². The lowest BCUT2D eigenvalue weighted by molar-refractivity contribution is -0.274. The Hall–Kier alpha value is -2.08. The van der Waals surface area contributed by atoms with Crippen molar-refractivity contribution in [3.63, 3.8) is 0 Å². The largest absolute Gasteiger partial charge is 0.573 e. The molecule has 0 spiro atoms. The van der Waals surface area contributed by atoms with Crippen LogP contribution in [0.25, 0.3) is 0 Å². The molecule has 0 saturated carbocycles. The lowest BCUT2D eigenvalue weighted by Crippen LogP contribution is -2.17. The summed E-state index contributed by atoms with van der Waals surface area (Å²) in [5, 5.41) is 0. The minimum atomic E-state index is -4.67. The van der Waals surface area contributed by atoms with Gasteiger partial charge in [0.1, 0.15) is 5.75 Å². The number of pyridine rings is 1. The molecule has 1 heterocycles. The third-order valence-corrected chi connectivity index (χ3v) is 2.96. The van der Waals surface area contributed by atoms with E-state index in [4.69, 9.17) is 5.73 Å². The molecule has 0 saturated heterocycles. The molecule has 1 atom stereocenters. The van der Waals surface area contributed by atoms with E-state index >= 15 is 0 Å². The van der Waals surface area contributed by atoms with Crippen LogP contribution in [-0.2, 0) is 6.42 Å². The number of benzene rings is 1. The number of alkyl halides is 3. The molecule has 1 unspecified atom stereocenters. The molecule has 0 radical (unpaired) electrons. The van der Waals surface area contributed by atoms with E-state index in [0.29, 0.717) is 6.42 Å². The summed E-state index contributed by atoms with van der Waals surface area (Å²) < 4.78 is 40.0. The van der Waals surface area contributed by atoms with Crippen LogP contribution in [0.5, 0.6) is 5.75 Å². The molecule has 0 bridgehead atoms. The number of rotatable bonds is 4. The Morgan fingerprint density at radius 1 is 1.19 bits per heavy atom. The number of aryl methyl sites for hydroxylation is 1. The van der Waals surface area contributed by atoms with Crippen LogP contribution >= 0.6 is 0 Å². The SMILES string of the molecule is Cc1cc(C(N)Cc2ccc(OC(F)(F)F)cc2)ccn1. The van der Waals surface area contributed by atoms with Gasteiger partial charge in [0.25, 0.3) is 0 Å². The summed E-state index contributed by atoms with van der Waals surface area (Å²) in [6.45, 7) is 1.87. The fraction of sp³-hybridized carbons (Fsp3) is 0.267. The van der Waals surface area contributed by atoms with Gasteiger partial charge in [-0.15, -0.1) is 13.2 Å². The van der Waals surface area contributed by atoms with Crippen LogP contribution in [0.15, 0.2) is 42.6 Å². The number of hydrogen-bond donors (Lipinski definition) is 1. The van der Waals surface area contributed by atoms with Crippen molar-refractivity contribution in [2.24, 2.45) is 5.73 Å². The molecule has 0 fully saturated rings. The highest BCUT2D eigenvalue weighted by Gasteiger charge is 2.30. The first-order valence-corrected chi connectivity index (χ1v) is 6.36. The first-order chi connectivity index (χ1) is 9.83. The Bertz CT molecular complexity index is 597. The van der Waals surface area contributed by atoms with Gasteiger partial charge < -0.3 is 10.5 Å². The maximum absolute atomic E-state index is 12.1. The maximum atomic E-state index is 12.1. The van der Waals surface area contributed by atoms with E-state index in [0.717, 1.165) is 16.8 Å². The molecule has 6 heteroatoms. The predicted octanol–water partition coefficient (Wildman–Crippen LogP) is 3.53. The first-order valence-electron chi connectivity index (χ1n) is 6.36. The number of aromatic nitrogens is 1. The monoisotopic (exact) mass is 296 g/mol. The fourth-order valence-electron chi connectivity index (χ4n) is 2.00. The summed E-state index contributed by atoms with van der Waals surface area (Å²) in [4.78, 5) is 4.10. The standard InChI is InChI=1S/C15H15F3N2O/c1-10-8-12(6-7-20-10)14(19)9-11-2-4-13(5-3-11)21-15(16,17)18/h2-8,14H,9,19H2,1H3. The normalized spacial score (nSPS) is 13.0. The lowest BCUT2D eigenvalue weighted by atomic mass is 10.00. The maximum Gasteiger partial charge on any atom is 0.573 e.